The average Bonchev–Trinajstić information content (AvgIpc) is 2.51. The lowest BCUT2D eigenvalue weighted by Crippen LogP contribution is -2.27. The monoisotopic (exact) mass is 283 g/mol. The van der Waals surface area contributed by atoms with Crippen LogP contribution in [0.5, 0.6) is 0 Å². The van der Waals surface area contributed by atoms with Crippen LogP contribution in [0.4, 0.5) is 5.69 Å². The Hall–Kier alpha value is -1.41. The van der Waals surface area contributed by atoms with Gasteiger partial charge in [-0.1, -0.05) is 30.3 Å². The molecule has 0 aromatic heterocycles. The van der Waals surface area contributed by atoms with Gasteiger partial charge >= 0.3 is 0 Å². The van der Waals surface area contributed by atoms with Crippen LogP contribution in [-0.4, -0.2) is 19.8 Å². The molecule has 104 valence electrons. The second-order valence-electron chi connectivity index (χ2n) is 5.52. The normalized spacial score (nSPS) is 17.9. The molecule has 0 saturated carbocycles. The Morgan fingerprint density at radius 2 is 1.85 bits per heavy atom. The smallest absolute Gasteiger partial charge is 0.0399 e. The van der Waals surface area contributed by atoms with E-state index in [4.69, 9.17) is 0 Å². The van der Waals surface area contributed by atoms with Crippen LogP contribution in [-0.2, 0) is 6.42 Å². The molecule has 20 heavy (non-hydrogen) atoms. The van der Waals surface area contributed by atoms with Gasteiger partial charge in [0.15, 0.2) is 0 Å². The number of hydrogen-bond donors (Lipinski definition) is 0. The van der Waals surface area contributed by atoms with E-state index in [-0.39, 0.29) is 0 Å². The zero-order chi connectivity index (χ0) is 13.9. The third-order valence-corrected chi connectivity index (χ3v) is 4.99. The van der Waals surface area contributed by atoms with E-state index < -0.39 is 0 Å². The van der Waals surface area contributed by atoms with E-state index in [9.17, 15) is 0 Å². The molecule has 2 heteroatoms. The van der Waals surface area contributed by atoms with Crippen LogP contribution in [0.1, 0.15) is 23.5 Å². The second-order valence-corrected chi connectivity index (χ2v) is 6.40. The van der Waals surface area contributed by atoms with Crippen LogP contribution in [0.15, 0.2) is 53.4 Å². The average molecular weight is 283 g/mol. The Balaban J connectivity index is 1.82. The highest BCUT2D eigenvalue weighted by atomic mass is 32.2. The van der Waals surface area contributed by atoms with E-state index in [2.05, 4.69) is 66.7 Å². The van der Waals surface area contributed by atoms with Crippen molar-refractivity contribution in [3.8, 4) is 0 Å². The van der Waals surface area contributed by atoms with Gasteiger partial charge in [0, 0.05) is 24.2 Å². The van der Waals surface area contributed by atoms with E-state index in [0.29, 0.717) is 5.92 Å². The van der Waals surface area contributed by atoms with E-state index in [1.165, 1.54) is 28.1 Å². The summed E-state index contributed by atoms with van der Waals surface area (Å²) in [6.45, 7) is 1.16. The van der Waals surface area contributed by atoms with Crippen molar-refractivity contribution in [2.24, 2.45) is 0 Å². The van der Waals surface area contributed by atoms with E-state index in [1.54, 1.807) is 11.8 Å². The zero-order valence-electron chi connectivity index (χ0n) is 12.2. The quantitative estimate of drug-likeness (QED) is 0.759. The molecule has 2 aromatic carbocycles. The molecule has 1 atom stereocenters. The summed E-state index contributed by atoms with van der Waals surface area (Å²) in [4.78, 5) is 3.72. The largest absolute Gasteiger partial charge is 0.374 e. The molecule has 1 heterocycles. The van der Waals surface area contributed by atoms with E-state index in [0.717, 1.165) is 13.0 Å². The Morgan fingerprint density at radius 1 is 1.10 bits per heavy atom. The van der Waals surface area contributed by atoms with Gasteiger partial charge in [-0.3, -0.25) is 0 Å². The summed E-state index contributed by atoms with van der Waals surface area (Å²) in [5, 5.41) is 0. The molecule has 0 amide bonds. The summed E-state index contributed by atoms with van der Waals surface area (Å²) in [5.41, 5.74) is 4.37. The van der Waals surface area contributed by atoms with Gasteiger partial charge in [-0.15, -0.1) is 11.8 Å². The Bertz CT molecular complexity index is 576. The van der Waals surface area contributed by atoms with Gasteiger partial charge in [0.05, 0.1) is 0 Å². The molecular weight excluding hydrogens is 262 g/mol. The number of anilines is 1. The number of para-hydroxylation sites is 1. The van der Waals surface area contributed by atoms with Crippen LogP contribution in [0.2, 0.25) is 0 Å². The van der Waals surface area contributed by atoms with E-state index in [1.807, 2.05) is 0 Å². The van der Waals surface area contributed by atoms with Crippen molar-refractivity contribution in [1.29, 1.82) is 0 Å². The molecule has 1 aliphatic rings. The van der Waals surface area contributed by atoms with Crippen LogP contribution in [0.25, 0.3) is 0 Å². The minimum absolute atomic E-state index is 0.655. The Labute approximate surface area is 126 Å². The van der Waals surface area contributed by atoms with Crippen molar-refractivity contribution in [1.82, 2.24) is 0 Å². The third-order valence-electron chi connectivity index (χ3n) is 4.24. The lowest BCUT2D eigenvalue weighted by Gasteiger charge is -2.33. The van der Waals surface area contributed by atoms with E-state index >= 15 is 0 Å². The van der Waals surface area contributed by atoms with Crippen LogP contribution in [0, 0.1) is 0 Å². The molecule has 1 unspecified atom stereocenters. The van der Waals surface area contributed by atoms with Crippen LogP contribution in [0.3, 0.4) is 0 Å². The first-order valence-corrected chi connectivity index (χ1v) is 8.43. The van der Waals surface area contributed by atoms with Crippen molar-refractivity contribution in [2.45, 2.75) is 23.7 Å². The number of thioether (sulfide) groups is 1. The molecule has 0 fully saturated rings. The molecular formula is C18H21NS. The number of benzene rings is 2. The number of hydrogen-bond acceptors (Lipinski definition) is 2. The zero-order valence-corrected chi connectivity index (χ0v) is 13.0. The highest BCUT2D eigenvalue weighted by Gasteiger charge is 2.22. The Kier molecular flexibility index (Phi) is 4.02. The molecule has 0 radical (unpaired) electrons. The fraction of sp³-hybridized carbons (Fsp3) is 0.333. The van der Waals surface area contributed by atoms with Gasteiger partial charge in [-0.05, 0) is 54.3 Å². The van der Waals surface area contributed by atoms with Gasteiger partial charge < -0.3 is 4.90 Å². The van der Waals surface area contributed by atoms with Crippen molar-refractivity contribution in [2.75, 3.05) is 24.7 Å². The number of rotatable bonds is 3. The fourth-order valence-electron chi connectivity index (χ4n) is 3.06. The maximum absolute atomic E-state index is 2.38. The van der Waals surface area contributed by atoms with Crippen molar-refractivity contribution in [3.05, 3.63) is 59.7 Å². The molecule has 0 spiro atoms. The summed E-state index contributed by atoms with van der Waals surface area (Å²) in [6, 6.07) is 17.9. The maximum atomic E-state index is 2.38. The summed E-state index contributed by atoms with van der Waals surface area (Å²) < 4.78 is 0. The fourth-order valence-corrected chi connectivity index (χ4v) is 3.47. The highest BCUT2D eigenvalue weighted by Crippen LogP contribution is 2.36. The van der Waals surface area contributed by atoms with Crippen LogP contribution >= 0.6 is 11.8 Å². The Morgan fingerprint density at radius 3 is 2.60 bits per heavy atom. The molecule has 0 saturated heterocycles. The summed E-state index contributed by atoms with van der Waals surface area (Å²) in [7, 11) is 2.20. The number of nitrogens with zero attached hydrogens (tertiary/aromatic N) is 1. The predicted molar refractivity (Wildman–Crippen MR) is 89.0 cm³/mol. The van der Waals surface area contributed by atoms with Gasteiger partial charge in [-0.2, -0.15) is 0 Å². The standard InChI is InChI=1S/C18H21NS/c1-19-12-11-15(17-5-3-4-6-18(17)19)13-14-7-9-16(20-2)10-8-14/h3-10,15H,11-13H2,1-2H3. The topological polar surface area (TPSA) is 3.24 Å². The molecule has 1 aliphatic heterocycles. The molecule has 2 aromatic rings. The molecule has 0 aliphatic carbocycles. The highest BCUT2D eigenvalue weighted by molar-refractivity contribution is 7.98. The minimum atomic E-state index is 0.655. The predicted octanol–water partition coefficient (Wildman–Crippen LogP) is 4.57. The van der Waals surface area contributed by atoms with Crippen LogP contribution < -0.4 is 4.90 Å². The summed E-state index contributed by atoms with van der Waals surface area (Å²) in [5.74, 6) is 0.655. The van der Waals surface area contributed by atoms with Gasteiger partial charge in [0.25, 0.3) is 0 Å². The molecule has 0 bridgehead atoms. The first kappa shape index (κ1) is 13.6. The lowest BCUT2D eigenvalue weighted by atomic mass is 9.85. The first-order chi connectivity index (χ1) is 9.78. The maximum Gasteiger partial charge on any atom is 0.0399 e. The minimum Gasteiger partial charge on any atom is -0.374 e. The molecule has 0 N–H and O–H groups in total. The lowest BCUT2D eigenvalue weighted by molar-refractivity contribution is 0.590. The van der Waals surface area contributed by atoms with Crippen molar-refractivity contribution >= 4 is 17.4 Å². The first-order valence-electron chi connectivity index (χ1n) is 7.21. The van der Waals surface area contributed by atoms with Crippen molar-refractivity contribution < 1.29 is 0 Å². The summed E-state index contributed by atoms with van der Waals surface area (Å²) in [6.07, 6.45) is 4.53. The molecule has 3 rings (SSSR count). The summed E-state index contributed by atoms with van der Waals surface area (Å²) >= 11 is 1.81. The second kappa shape index (κ2) is 5.92. The molecule has 1 nitrogen and oxygen atoms in total. The number of fused-ring (bicyclic) bond motifs is 1. The SMILES string of the molecule is CSc1ccc(CC2CCN(C)c3ccccc32)cc1. The van der Waals surface area contributed by atoms with Gasteiger partial charge in [0.2, 0.25) is 0 Å². The van der Waals surface area contributed by atoms with Crippen molar-refractivity contribution in [3.63, 3.8) is 0 Å². The van der Waals surface area contributed by atoms with Gasteiger partial charge in [0.1, 0.15) is 0 Å². The van der Waals surface area contributed by atoms with Gasteiger partial charge in [-0.25, -0.2) is 0 Å². The third kappa shape index (κ3) is 2.71.